The van der Waals surface area contributed by atoms with Gasteiger partial charge in [0, 0.05) is 27.7 Å². The first-order valence-electron chi connectivity index (χ1n) is 6.14. The average Bonchev–Trinajstić information content (AvgIpc) is 2.80. The zero-order valence-corrected chi connectivity index (χ0v) is 11.5. The van der Waals surface area contributed by atoms with Crippen LogP contribution in [0.25, 0.3) is 10.9 Å². The summed E-state index contributed by atoms with van der Waals surface area (Å²) in [6.07, 6.45) is 1.61. The number of hydrogen-bond donors (Lipinski definition) is 1. The van der Waals surface area contributed by atoms with E-state index in [2.05, 4.69) is 4.98 Å². The average molecular weight is 288 g/mol. The highest BCUT2D eigenvalue weighted by Crippen LogP contribution is 2.24. The Hall–Kier alpha value is -2.13. The maximum absolute atomic E-state index is 13.8. The summed E-state index contributed by atoms with van der Waals surface area (Å²) in [6.45, 7) is 1.97. The lowest BCUT2D eigenvalue weighted by Gasteiger charge is -2.02. The topological polar surface area (TPSA) is 32.9 Å². The Morgan fingerprint density at radius 1 is 1.15 bits per heavy atom. The SMILES string of the molecule is Cc1ccc2c(C(=O)c3ccc(Cl)cc3F)c[nH]c2c1. The quantitative estimate of drug-likeness (QED) is 0.692. The highest BCUT2D eigenvalue weighted by molar-refractivity contribution is 6.30. The lowest BCUT2D eigenvalue weighted by atomic mass is 10.0. The van der Waals surface area contributed by atoms with Crippen LogP contribution in [-0.4, -0.2) is 10.8 Å². The first-order valence-corrected chi connectivity index (χ1v) is 6.51. The van der Waals surface area contributed by atoms with Crippen molar-refractivity contribution in [3.8, 4) is 0 Å². The summed E-state index contributed by atoms with van der Waals surface area (Å²) in [4.78, 5) is 15.5. The van der Waals surface area contributed by atoms with E-state index in [9.17, 15) is 9.18 Å². The van der Waals surface area contributed by atoms with Gasteiger partial charge in [-0.15, -0.1) is 0 Å². The Morgan fingerprint density at radius 2 is 1.95 bits per heavy atom. The highest BCUT2D eigenvalue weighted by atomic mass is 35.5. The molecule has 0 fully saturated rings. The minimum Gasteiger partial charge on any atom is -0.360 e. The molecule has 1 heterocycles. The number of carbonyl (C=O) groups is 1. The summed E-state index contributed by atoms with van der Waals surface area (Å²) in [6, 6.07) is 9.80. The molecule has 100 valence electrons. The number of aryl methyl sites for hydroxylation is 1. The van der Waals surface area contributed by atoms with Crippen LogP contribution in [0.3, 0.4) is 0 Å². The smallest absolute Gasteiger partial charge is 0.198 e. The van der Waals surface area contributed by atoms with Gasteiger partial charge < -0.3 is 4.98 Å². The van der Waals surface area contributed by atoms with Crippen LogP contribution in [0, 0.1) is 12.7 Å². The molecule has 1 aromatic heterocycles. The number of fused-ring (bicyclic) bond motifs is 1. The van der Waals surface area contributed by atoms with Gasteiger partial charge in [0.15, 0.2) is 5.78 Å². The maximum atomic E-state index is 13.8. The number of carbonyl (C=O) groups excluding carboxylic acids is 1. The Kier molecular flexibility index (Phi) is 3.07. The number of aromatic amines is 1. The van der Waals surface area contributed by atoms with Crippen LogP contribution < -0.4 is 0 Å². The number of benzene rings is 2. The molecule has 0 saturated carbocycles. The molecular weight excluding hydrogens is 277 g/mol. The van der Waals surface area contributed by atoms with Gasteiger partial charge in [0.2, 0.25) is 0 Å². The predicted molar refractivity (Wildman–Crippen MR) is 77.9 cm³/mol. The zero-order valence-electron chi connectivity index (χ0n) is 10.7. The lowest BCUT2D eigenvalue weighted by molar-refractivity contribution is 0.103. The maximum Gasteiger partial charge on any atom is 0.198 e. The van der Waals surface area contributed by atoms with Crippen LogP contribution in [0.1, 0.15) is 21.5 Å². The second kappa shape index (κ2) is 4.76. The molecule has 4 heteroatoms. The molecule has 0 aliphatic rings. The van der Waals surface area contributed by atoms with E-state index in [0.717, 1.165) is 22.5 Å². The summed E-state index contributed by atoms with van der Waals surface area (Å²) in [5.74, 6) is -0.960. The van der Waals surface area contributed by atoms with Crippen LogP contribution in [0.5, 0.6) is 0 Å². The fourth-order valence-electron chi connectivity index (χ4n) is 2.25. The number of aromatic nitrogens is 1. The van der Waals surface area contributed by atoms with E-state index in [1.807, 2.05) is 25.1 Å². The van der Waals surface area contributed by atoms with Crippen molar-refractivity contribution >= 4 is 28.3 Å². The van der Waals surface area contributed by atoms with Gasteiger partial charge in [-0.25, -0.2) is 4.39 Å². The van der Waals surface area contributed by atoms with Crippen molar-refractivity contribution in [2.24, 2.45) is 0 Å². The number of hydrogen-bond acceptors (Lipinski definition) is 1. The van der Waals surface area contributed by atoms with Crippen LogP contribution in [0.15, 0.2) is 42.6 Å². The number of nitrogens with one attached hydrogen (secondary N) is 1. The normalized spacial score (nSPS) is 10.9. The number of H-pyrrole nitrogens is 1. The molecule has 0 amide bonds. The summed E-state index contributed by atoms with van der Waals surface area (Å²) >= 11 is 5.70. The van der Waals surface area contributed by atoms with Crippen molar-refractivity contribution in [2.45, 2.75) is 6.92 Å². The molecule has 0 bridgehead atoms. The van der Waals surface area contributed by atoms with Crippen molar-refractivity contribution in [1.29, 1.82) is 0 Å². The highest BCUT2D eigenvalue weighted by Gasteiger charge is 2.17. The molecule has 3 aromatic rings. The van der Waals surface area contributed by atoms with Gasteiger partial charge in [0.1, 0.15) is 5.82 Å². The van der Waals surface area contributed by atoms with E-state index in [1.54, 1.807) is 6.20 Å². The summed E-state index contributed by atoms with van der Waals surface area (Å²) < 4.78 is 13.8. The molecular formula is C16H11ClFNO. The largest absolute Gasteiger partial charge is 0.360 e. The van der Waals surface area contributed by atoms with Crippen molar-refractivity contribution in [2.75, 3.05) is 0 Å². The number of ketones is 1. The monoisotopic (exact) mass is 287 g/mol. The number of halogens is 2. The molecule has 2 aromatic carbocycles. The van der Waals surface area contributed by atoms with Crippen LogP contribution in [0.2, 0.25) is 5.02 Å². The standard InChI is InChI=1S/C16H11ClFNO/c1-9-2-4-11-13(8-19-15(11)6-9)16(20)12-5-3-10(17)7-14(12)18/h2-8,19H,1H3. The fourth-order valence-corrected chi connectivity index (χ4v) is 2.41. The lowest BCUT2D eigenvalue weighted by Crippen LogP contribution is -2.03. The van der Waals surface area contributed by atoms with Crippen molar-refractivity contribution in [3.05, 3.63) is 70.1 Å². The molecule has 20 heavy (non-hydrogen) atoms. The first-order chi connectivity index (χ1) is 9.56. The third-order valence-corrected chi connectivity index (χ3v) is 3.49. The Morgan fingerprint density at radius 3 is 2.70 bits per heavy atom. The second-order valence-electron chi connectivity index (χ2n) is 4.70. The molecule has 0 aliphatic heterocycles. The first kappa shape index (κ1) is 12.9. The van der Waals surface area contributed by atoms with Gasteiger partial charge in [-0.05, 0) is 36.8 Å². The molecule has 0 spiro atoms. The minimum atomic E-state index is -0.607. The molecule has 0 atom stereocenters. The Bertz CT molecular complexity index is 822. The Labute approximate surface area is 120 Å². The molecule has 1 N–H and O–H groups in total. The van der Waals surface area contributed by atoms with Gasteiger partial charge in [-0.3, -0.25) is 4.79 Å². The van der Waals surface area contributed by atoms with Crippen molar-refractivity contribution in [3.63, 3.8) is 0 Å². The molecule has 0 radical (unpaired) electrons. The van der Waals surface area contributed by atoms with Gasteiger partial charge >= 0.3 is 0 Å². The summed E-state index contributed by atoms with van der Waals surface area (Å²) in [7, 11) is 0. The molecule has 0 unspecified atom stereocenters. The predicted octanol–water partition coefficient (Wildman–Crippen LogP) is 4.50. The molecule has 2 nitrogen and oxygen atoms in total. The van der Waals surface area contributed by atoms with Gasteiger partial charge in [0.05, 0.1) is 5.56 Å². The van der Waals surface area contributed by atoms with E-state index in [0.29, 0.717) is 5.56 Å². The van der Waals surface area contributed by atoms with Crippen LogP contribution in [-0.2, 0) is 0 Å². The third kappa shape index (κ3) is 2.10. The summed E-state index contributed by atoms with van der Waals surface area (Å²) in [5, 5.41) is 1.06. The number of rotatable bonds is 2. The van der Waals surface area contributed by atoms with Crippen LogP contribution in [0.4, 0.5) is 4.39 Å². The van der Waals surface area contributed by atoms with E-state index < -0.39 is 5.82 Å². The third-order valence-electron chi connectivity index (χ3n) is 3.26. The van der Waals surface area contributed by atoms with E-state index in [4.69, 9.17) is 11.6 Å². The minimum absolute atomic E-state index is 0.0240. The Balaban J connectivity index is 2.13. The zero-order chi connectivity index (χ0) is 14.3. The van der Waals surface area contributed by atoms with Gasteiger partial charge in [-0.2, -0.15) is 0 Å². The van der Waals surface area contributed by atoms with E-state index in [-0.39, 0.29) is 16.4 Å². The van der Waals surface area contributed by atoms with Crippen molar-refractivity contribution < 1.29 is 9.18 Å². The van der Waals surface area contributed by atoms with Gasteiger partial charge in [-0.1, -0.05) is 23.7 Å². The molecule has 3 rings (SSSR count). The van der Waals surface area contributed by atoms with Gasteiger partial charge in [0.25, 0.3) is 0 Å². The van der Waals surface area contributed by atoms with E-state index >= 15 is 0 Å². The summed E-state index contributed by atoms with van der Waals surface area (Å²) in [5.41, 5.74) is 2.44. The van der Waals surface area contributed by atoms with E-state index in [1.165, 1.54) is 12.1 Å². The van der Waals surface area contributed by atoms with Crippen molar-refractivity contribution in [1.82, 2.24) is 4.98 Å². The molecule has 0 aliphatic carbocycles. The fraction of sp³-hybridized carbons (Fsp3) is 0.0625. The second-order valence-corrected chi connectivity index (χ2v) is 5.14. The van der Waals surface area contributed by atoms with Crippen LogP contribution >= 0.6 is 11.6 Å². The molecule has 0 saturated heterocycles.